The second kappa shape index (κ2) is 9.56. The zero-order chi connectivity index (χ0) is 25.3. The number of ether oxygens (including phenoxy) is 2. The normalized spacial score (nSPS) is 18.1. The second-order valence-electron chi connectivity index (χ2n) is 10.1. The number of nitrogen functional groups attached to an aromatic ring is 1. The molecule has 3 aromatic rings. The van der Waals surface area contributed by atoms with E-state index in [-0.39, 0.29) is 29.9 Å². The standard InChI is InChI=1S/C26H33N5O4/c1-6-35-25(33)20-11-17(13-31(20)21(32)12-26(2,3)4)30-14-19(16-8-7-9-18(10-16)34-5)22-23(27)28-15-29-24(22)30/h7-10,14-15,17,20H,6,11-13H2,1-5H3,(H2,27,28,29)/t17?,20-/m0/s1. The lowest BCUT2D eigenvalue weighted by atomic mass is 9.91. The van der Waals surface area contributed by atoms with Crippen molar-refractivity contribution in [1.29, 1.82) is 0 Å². The fourth-order valence-corrected chi connectivity index (χ4v) is 4.70. The van der Waals surface area contributed by atoms with E-state index in [1.54, 1.807) is 18.9 Å². The number of benzene rings is 1. The van der Waals surface area contributed by atoms with Gasteiger partial charge in [0.05, 0.1) is 25.1 Å². The summed E-state index contributed by atoms with van der Waals surface area (Å²) < 4.78 is 12.7. The van der Waals surface area contributed by atoms with Gasteiger partial charge in [-0.2, -0.15) is 0 Å². The number of methoxy groups -OCH3 is 1. The summed E-state index contributed by atoms with van der Waals surface area (Å²) in [5.41, 5.74) is 8.54. The predicted molar refractivity (Wildman–Crippen MR) is 134 cm³/mol. The fourth-order valence-electron chi connectivity index (χ4n) is 4.70. The first-order valence-electron chi connectivity index (χ1n) is 11.8. The Morgan fingerprint density at radius 2 is 2.00 bits per heavy atom. The molecule has 3 heterocycles. The molecular weight excluding hydrogens is 446 g/mol. The van der Waals surface area contributed by atoms with Crippen molar-refractivity contribution in [3.63, 3.8) is 0 Å². The Morgan fingerprint density at radius 1 is 1.23 bits per heavy atom. The number of hydrogen-bond donors (Lipinski definition) is 1. The molecular formula is C26H33N5O4. The van der Waals surface area contributed by atoms with Gasteiger partial charge >= 0.3 is 5.97 Å². The Balaban J connectivity index is 1.77. The number of hydrogen-bond acceptors (Lipinski definition) is 7. The second-order valence-corrected chi connectivity index (χ2v) is 10.1. The molecule has 1 aliphatic heterocycles. The van der Waals surface area contributed by atoms with E-state index in [2.05, 4.69) is 9.97 Å². The largest absolute Gasteiger partial charge is 0.497 e. The zero-order valence-electron chi connectivity index (χ0n) is 20.9. The third-order valence-corrected chi connectivity index (χ3v) is 6.25. The van der Waals surface area contributed by atoms with Crippen LogP contribution in [0.5, 0.6) is 5.75 Å². The van der Waals surface area contributed by atoms with Crippen LogP contribution in [0, 0.1) is 5.41 Å². The summed E-state index contributed by atoms with van der Waals surface area (Å²) in [6.07, 6.45) is 4.19. The van der Waals surface area contributed by atoms with E-state index < -0.39 is 6.04 Å². The van der Waals surface area contributed by atoms with Crippen molar-refractivity contribution in [3.8, 4) is 16.9 Å². The molecule has 0 spiro atoms. The SMILES string of the molecule is CCOC(=O)[C@@H]1CC(n2cc(-c3cccc(OC)c3)c3c(N)ncnc32)CN1C(=O)CC(C)(C)C. The Kier molecular flexibility index (Phi) is 6.69. The maximum atomic E-state index is 13.2. The van der Waals surface area contributed by atoms with Crippen LogP contribution < -0.4 is 10.5 Å². The first kappa shape index (κ1) is 24.5. The number of nitrogens with two attached hydrogens (primary N) is 1. The summed E-state index contributed by atoms with van der Waals surface area (Å²) in [6.45, 7) is 8.44. The van der Waals surface area contributed by atoms with E-state index in [1.165, 1.54) is 6.33 Å². The number of anilines is 1. The summed E-state index contributed by atoms with van der Waals surface area (Å²) in [7, 11) is 1.62. The maximum Gasteiger partial charge on any atom is 0.328 e. The van der Waals surface area contributed by atoms with Crippen molar-refractivity contribution < 1.29 is 19.1 Å². The minimum atomic E-state index is -0.647. The minimum Gasteiger partial charge on any atom is -0.497 e. The van der Waals surface area contributed by atoms with Crippen LogP contribution in [0.1, 0.15) is 46.6 Å². The van der Waals surface area contributed by atoms with Gasteiger partial charge in [0.25, 0.3) is 0 Å². The Bertz CT molecular complexity index is 1250. The zero-order valence-corrected chi connectivity index (χ0v) is 20.9. The van der Waals surface area contributed by atoms with Crippen molar-refractivity contribution in [2.75, 3.05) is 26.0 Å². The first-order valence-corrected chi connectivity index (χ1v) is 11.8. The Hall–Kier alpha value is -3.62. The van der Waals surface area contributed by atoms with Gasteiger partial charge in [-0.3, -0.25) is 4.79 Å². The molecule has 2 atom stereocenters. The third kappa shape index (κ3) is 4.94. The molecule has 1 aromatic carbocycles. The van der Waals surface area contributed by atoms with Crippen molar-refractivity contribution in [1.82, 2.24) is 19.4 Å². The maximum absolute atomic E-state index is 13.2. The number of carbonyl (C=O) groups excluding carboxylic acids is 2. The Labute approximate surface area is 205 Å². The van der Waals surface area contributed by atoms with Gasteiger partial charge < -0.3 is 24.7 Å². The fraction of sp³-hybridized carbons (Fsp3) is 0.462. The van der Waals surface area contributed by atoms with Gasteiger partial charge in [0.2, 0.25) is 5.91 Å². The van der Waals surface area contributed by atoms with Gasteiger partial charge in [-0.25, -0.2) is 14.8 Å². The van der Waals surface area contributed by atoms with Gasteiger partial charge in [0.1, 0.15) is 29.6 Å². The van der Waals surface area contributed by atoms with Crippen LogP contribution in [-0.2, 0) is 14.3 Å². The smallest absolute Gasteiger partial charge is 0.328 e. The summed E-state index contributed by atoms with van der Waals surface area (Å²) in [5.74, 6) is 0.653. The lowest BCUT2D eigenvalue weighted by molar-refractivity contribution is -0.153. The van der Waals surface area contributed by atoms with Gasteiger partial charge in [-0.15, -0.1) is 0 Å². The summed E-state index contributed by atoms with van der Waals surface area (Å²) in [6, 6.07) is 6.87. The molecule has 4 rings (SSSR count). The highest BCUT2D eigenvalue weighted by molar-refractivity contribution is 6.01. The molecule has 1 saturated heterocycles. The number of carbonyl (C=O) groups is 2. The molecule has 1 aliphatic rings. The van der Waals surface area contributed by atoms with Gasteiger partial charge in [-0.1, -0.05) is 32.9 Å². The summed E-state index contributed by atoms with van der Waals surface area (Å²) in [4.78, 5) is 36.5. The van der Waals surface area contributed by atoms with Crippen LogP contribution in [0.2, 0.25) is 0 Å². The van der Waals surface area contributed by atoms with E-state index in [0.29, 0.717) is 30.9 Å². The molecule has 1 amide bonds. The molecule has 35 heavy (non-hydrogen) atoms. The highest BCUT2D eigenvalue weighted by Gasteiger charge is 2.42. The average Bonchev–Trinajstić information content (AvgIpc) is 3.41. The van der Waals surface area contributed by atoms with Crippen LogP contribution in [0.3, 0.4) is 0 Å². The summed E-state index contributed by atoms with van der Waals surface area (Å²) in [5, 5.41) is 0.730. The molecule has 2 N–H and O–H groups in total. The van der Waals surface area contributed by atoms with Crippen molar-refractivity contribution in [3.05, 3.63) is 36.8 Å². The third-order valence-electron chi connectivity index (χ3n) is 6.25. The summed E-state index contributed by atoms with van der Waals surface area (Å²) >= 11 is 0. The lowest BCUT2D eigenvalue weighted by Gasteiger charge is -2.26. The minimum absolute atomic E-state index is 0.0586. The number of nitrogens with zero attached hydrogens (tertiary/aromatic N) is 4. The van der Waals surface area contributed by atoms with Crippen LogP contribution in [0.4, 0.5) is 5.82 Å². The molecule has 2 aromatic heterocycles. The molecule has 186 valence electrons. The van der Waals surface area contributed by atoms with E-state index in [4.69, 9.17) is 15.2 Å². The van der Waals surface area contributed by atoms with Crippen molar-refractivity contribution in [2.45, 2.75) is 52.6 Å². The van der Waals surface area contributed by atoms with Crippen LogP contribution in [0.25, 0.3) is 22.2 Å². The molecule has 0 saturated carbocycles. The number of esters is 1. The molecule has 1 fully saturated rings. The van der Waals surface area contributed by atoms with Gasteiger partial charge in [0.15, 0.2) is 0 Å². The molecule has 0 aliphatic carbocycles. The van der Waals surface area contributed by atoms with Crippen LogP contribution >= 0.6 is 0 Å². The lowest BCUT2D eigenvalue weighted by Crippen LogP contribution is -2.42. The highest BCUT2D eigenvalue weighted by Crippen LogP contribution is 2.39. The Morgan fingerprint density at radius 3 is 2.69 bits per heavy atom. The number of rotatable bonds is 6. The number of fused-ring (bicyclic) bond motifs is 1. The van der Waals surface area contributed by atoms with E-state index in [0.717, 1.165) is 22.3 Å². The van der Waals surface area contributed by atoms with E-state index >= 15 is 0 Å². The average molecular weight is 480 g/mol. The monoisotopic (exact) mass is 479 g/mol. The quantitative estimate of drug-likeness (QED) is 0.535. The van der Waals surface area contributed by atoms with E-state index in [9.17, 15) is 9.59 Å². The first-order chi connectivity index (χ1) is 16.6. The van der Waals surface area contributed by atoms with Crippen molar-refractivity contribution >= 4 is 28.7 Å². The molecule has 9 nitrogen and oxygen atoms in total. The molecule has 0 radical (unpaired) electrons. The van der Waals surface area contributed by atoms with Crippen LogP contribution in [-0.4, -0.2) is 57.6 Å². The van der Waals surface area contributed by atoms with Gasteiger partial charge in [0, 0.05) is 31.1 Å². The number of aromatic nitrogens is 3. The van der Waals surface area contributed by atoms with Crippen LogP contribution in [0.15, 0.2) is 36.8 Å². The molecule has 0 bridgehead atoms. The van der Waals surface area contributed by atoms with Gasteiger partial charge in [-0.05, 0) is 30.0 Å². The molecule has 9 heteroatoms. The van der Waals surface area contributed by atoms with Crippen molar-refractivity contribution in [2.24, 2.45) is 5.41 Å². The number of likely N-dealkylation sites (tertiary alicyclic amines) is 1. The number of amides is 1. The van der Waals surface area contributed by atoms with E-state index in [1.807, 2.05) is 55.8 Å². The predicted octanol–water partition coefficient (Wildman–Crippen LogP) is 3.83. The molecule has 1 unspecified atom stereocenters. The highest BCUT2D eigenvalue weighted by atomic mass is 16.5. The topological polar surface area (TPSA) is 113 Å².